The lowest BCUT2D eigenvalue weighted by Crippen LogP contribution is -2.51. The summed E-state index contributed by atoms with van der Waals surface area (Å²) in [5.74, 6) is -1.52. The SMILES string of the molecule is CCCCNC(=O)[C@H](C)N(Cc1ccccc1F)C(=O)CN(c1ccc(Br)c(C)c1)S(C)(=O)=O. The highest BCUT2D eigenvalue weighted by Crippen LogP contribution is 2.25. The van der Waals surface area contributed by atoms with Gasteiger partial charge in [-0.25, -0.2) is 12.8 Å². The molecule has 0 spiro atoms. The lowest BCUT2D eigenvalue weighted by atomic mass is 10.1. The van der Waals surface area contributed by atoms with Crippen LogP contribution in [0.4, 0.5) is 10.1 Å². The number of hydrogen-bond donors (Lipinski definition) is 1. The molecule has 0 bridgehead atoms. The smallest absolute Gasteiger partial charge is 0.244 e. The molecule has 2 aromatic carbocycles. The van der Waals surface area contributed by atoms with E-state index in [1.807, 2.05) is 13.8 Å². The van der Waals surface area contributed by atoms with Crippen molar-refractivity contribution in [1.29, 1.82) is 0 Å². The van der Waals surface area contributed by atoms with Crippen LogP contribution in [0.3, 0.4) is 0 Å². The van der Waals surface area contributed by atoms with Gasteiger partial charge in [0.2, 0.25) is 21.8 Å². The Morgan fingerprint density at radius 2 is 1.85 bits per heavy atom. The number of unbranched alkanes of at least 4 members (excludes halogenated alkanes) is 1. The van der Waals surface area contributed by atoms with Crippen LogP contribution in [0, 0.1) is 12.7 Å². The molecule has 10 heteroatoms. The molecule has 0 radical (unpaired) electrons. The van der Waals surface area contributed by atoms with Gasteiger partial charge < -0.3 is 10.2 Å². The first kappa shape index (κ1) is 27.8. The third-order valence-corrected chi connectivity index (χ3v) is 7.43. The summed E-state index contributed by atoms with van der Waals surface area (Å²) in [6.45, 7) is 5.10. The second kappa shape index (κ2) is 12.3. The van der Waals surface area contributed by atoms with E-state index in [4.69, 9.17) is 0 Å². The summed E-state index contributed by atoms with van der Waals surface area (Å²) < 4.78 is 41.3. The van der Waals surface area contributed by atoms with Gasteiger partial charge >= 0.3 is 0 Å². The molecule has 2 aromatic rings. The zero-order valence-electron chi connectivity index (χ0n) is 19.8. The predicted molar refractivity (Wildman–Crippen MR) is 135 cm³/mol. The molecule has 1 N–H and O–H groups in total. The Labute approximate surface area is 209 Å². The highest BCUT2D eigenvalue weighted by Gasteiger charge is 2.30. The first-order valence-corrected chi connectivity index (χ1v) is 13.6. The number of aryl methyl sites for hydroxylation is 1. The number of halogens is 2. The molecule has 1 atom stereocenters. The number of benzene rings is 2. The number of rotatable bonds is 11. The number of amides is 2. The van der Waals surface area contributed by atoms with Gasteiger partial charge in [0.25, 0.3) is 0 Å². The second-order valence-electron chi connectivity index (χ2n) is 8.14. The Morgan fingerprint density at radius 3 is 2.44 bits per heavy atom. The first-order chi connectivity index (χ1) is 16.0. The van der Waals surface area contributed by atoms with Crippen LogP contribution in [0.5, 0.6) is 0 Å². The number of sulfonamides is 1. The largest absolute Gasteiger partial charge is 0.354 e. The normalized spacial score (nSPS) is 12.2. The molecule has 0 unspecified atom stereocenters. The average Bonchev–Trinajstić information content (AvgIpc) is 2.77. The van der Waals surface area contributed by atoms with Crippen LogP contribution in [0.1, 0.15) is 37.8 Å². The molecule has 0 saturated heterocycles. The number of carbonyl (C=O) groups is 2. The maximum Gasteiger partial charge on any atom is 0.244 e. The van der Waals surface area contributed by atoms with E-state index in [2.05, 4.69) is 21.2 Å². The number of nitrogens with zero attached hydrogens (tertiary/aromatic N) is 2. The summed E-state index contributed by atoms with van der Waals surface area (Å²) in [6.07, 6.45) is 2.69. The lowest BCUT2D eigenvalue weighted by Gasteiger charge is -2.31. The highest BCUT2D eigenvalue weighted by molar-refractivity contribution is 9.10. The van der Waals surface area contributed by atoms with E-state index >= 15 is 0 Å². The summed E-state index contributed by atoms with van der Waals surface area (Å²) in [5, 5.41) is 2.78. The molecular formula is C24H31BrFN3O4S. The van der Waals surface area contributed by atoms with Crippen LogP contribution in [-0.2, 0) is 26.2 Å². The number of carbonyl (C=O) groups excluding carboxylic acids is 2. The summed E-state index contributed by atoms with van der Waals surface area (Å²) in [4.78, 5) is 27.4. The first-order valence-electron chi connectivity index (χ1n) is 11.0. The monoisotopic (exact) mass is 555 g/mol. The molecule has 0 saturated carbocycles. The van der Waals surface area contributed by atoms with Gasteiger partial charge in [-0.2, -0.15) is 0 Å². The van der Waals surface area contributed by atoms with Crippen molar-refractivity contribution in [2.45, 2.75) is 46.2 Å². The lowest BCUT2D eigenvalue weighted by molar-refractivity contribution is -0.139. The zero-order chi connectivity index (χ0) is 25.5. The van der Waals surface area contributed by atoms with E-state index < -0.39 is 34.3 Å². The molecule has 0 heterocycles. The van der Waals surface area contributed by atoms with Gasteiger partial charge in [-0.1, -0.05) is 47.5 Å². The van der Waals surface area contributed by atoms with Crippen molar-refractivity contribution in [3.63, 3.8) is 0 Å². The summed E-state index contributed by atoms with van der Waals surface area (Å²) >= 11 is 3.38. The number of hydrogen-bond acceptors (Lipinski definition) is 4. The summed E-state index contributed by atoms with van der Waals surface area (Å²) in [7, 11) is -3.82. The third-order valence-electron chi connectivity index (χ3n) is 5.40. The molecule has 7 nitrogen and oxygen atoms in total. The Balaban J connectivity index is 2.38. The van der Waals surface area contributed by atoms with Crippen LogP contribution < -0.4 is 9.62 Å². The molecule has 2 rings (SSSR count). The van der Waals surface area contributed by atoms with Gasteiger partial charge in [0.05, 0.1) is 11.9 Å². The van der Waals surface area contributed by atoms with Crippen molar-refractivity contribution < 1.29 is 22.4 Å². The third kappa shape index (κ3) is 7.53. The van der Waals surface area contributed by atoms with Crippen LogP contribution >= 0.6 is 15.9 Å². The topological polar surface area (TPSA) is 86.8 Å². The molecule has 0 aromatic heterocycles. The summed E-state index contributed by atoms with van der Waals surface area (Å²) in [6, 6.07) is 9.99. The van der Waals surface area contributed by atoms with Gasteiger partial charge in [-0.05, 0) is 50.1 Å². The molecule has 0 aliphatic carbocycles. The molecule has 186 valence electrons. The van der Waals surface area contributed by atoms with Crippen molar-refractivity contribution in [1.82, 2.24) is 10.2 Å². The number of nitrogens with one attached hydrogen (secondary N) is 1. The zero-order valence-corrected chi connectivity index (χ0v) is 22.2. The molecular weight excluding hydrogens is 525 g/mol. The van der Waals surface area contributed by atoms with E-state index in [-0.39, 0.29) is 18.0 Å². The van der Waals surface area contributed by atoms with Gasteiger partial charge in [-0.15, -0.1) is 0 Å². The fourth-order valence-electron chi connectivity index (χ4n) is 3.33. The van der Waals surface area contributed by atoms with Gasteiger partial charge in [0, 0.05) is 23.1 Å². The van der Waals surface area contributed by atoms with E-state index in [0.717, 1.165) is 33.4 Å². The Kier molecular flexibility index (Phi) is 10.1. The maximum absolute atomic E-state index is 14.4. The molecule has 0 aliphatic rings. The minimum absolute atomic E-state index is 0.176. The van der Waals surface area contributed by atoms with Crippen LogP contribution in [0.25, 0.3) is 0 Å². The molecule has 0 fully saturated rings. The Morgan fingerprint density at radius 1 is 1.18 bits per heavy atom. The van der Waals surface area contributed by atoms with Crippen molar-refractivity contribution in [2.24, 2.45) is 0 Å². The van der Waals surface area contributed by atoms with Crippen LogP contribution in [0.15, 0.2) is 46.9 Å². The quantitative estimate of drug-likeness (QED) is 0.424. The van der Waals surface area contributed by atoms with Crippen molar-refractivity contribution >= 4 is 43.5 Å². The van der Waals surface area contributed by atoms with E-state index in [9.17, 15) is 22.4 Å². The Hall–Kier alpha value is -2.46. The molecule has 34 heavy (non-hydrogen) atoms. The summed E-state index contributed by atoms with van der Waals surface area (Å²) in [5.41, 5.74) is 1.35. The average molecular weight is 556 g/mol. The highest BCUT2D eigenvalue weighted by atomic mass is 79.9. The minimum atomic E-state index is -3.82. The Bertz CT molecular complexity index is 1130. The predicted octanol–water partition coefficient (Wildman–Crippen LogP) is 4.00. The van der Waals surface area contributed by atoms with Crippen molar-refractivity contribution in [3.05, 3.63) is 63.9 Å². The second-order valence-corrected chi connectivity index (χ2v) is 10.9. The fraction of sp³-hybridized carbons (Fsp3) is 0.417. The standard InChI is InChI=1S/C24H31BrFN3O4S/c1-5-6-13-27-24(31)18(3)28(15-19-9-7-8-10-22(19)26)23(30)16-29(34(4,32)33)20-11-12-21(25)17(2)14-20/h7-12,14,18H,5-6,13,15-16H2,1-4H3,(H,27,31)/t18-/m0/s1. The van der Waals surface area contributed by atoms with Crippen LogP contribution in [0.2, 0.25) is 0 Å². The van der Waals surface area contributed by atoms with E-state index in [1.165, 1.54) is 23.1 Å². The maximum atomic E-state index is 14.4. The fourth-order valence-corrected chi connectivity index (χ4v) is 4.41. The van der Waals surface area contributed by atoms with Crippen molar-refractivity contribution in [3.8, 4) is 0 Å². The molecule has 0 aliphatic heterocycles. The van der Waals surface area contributed by atoms with E-state index in [0.29, 0.717) is 12.2 Å². The van der Waals surface area contributed by atoms with Crippen LogP contribution in [-0.4, -0.2) is 50.5 Å². The van der Waals surface area contributed by atoms with E-state index in [1.54, 1.807) is 31.2 Å². The minimum Gasteiger partial charge on any atom is -0.354 e. The van der Waals surface area contributed by atoms with Gasteiger partial charge in [0.1, 0.15) is 18.4 Å². The van der Waals surface area contributed by atoms with Crippen molar-refractivity contribution in [2.75, 3.05) is 23.7 Å². The van der Waals surface area contributed by atoms with Gasteiger partial charge in [0.15, 0.2) is 0 Å². The number of anilines is 1. The molecule has 2 amide bonds. The van der Waals surface area contributed by atoms with Gasteiger partial charge in [-0.3, -0.25) is 13.9 Å².